The van der Waals surface area contributed by atoms with Gasteiger partial charge in [0.25, 0.3) is 0 Å². The molecule has 204 valence electrons. The van der Waals surface area contributed by atoms with Crippen LogP contribution >= 0.6 is 0 Å². The predicted octanol–water partition coefficient (Wildman–Crippen LogP) is 7.94. The molecule has 0 aliphatic carbocycles. The Labute approximate surface area is 239 Å². The number of fused-ring (bicyclic) bond motifs is 3. The first kappa shape index (κ1) is 26.2. The summed E-state index contributed by atoms with van der Waals surface area (Å²) >= 11 is 0. The Kier molecular flexibility index (Phi) is 6.94. The van der Waals surface area contributed by atoms with Crippen molar-refractivity contribution in [3.05, 3.63) is 131 Å². The summed E-state index contributed by atoms with van der Waals surface area (Å²) in [5.74, 6) is 1.93. The van der Waals surface area contributed by atoms with Crippen LogP contribution in [-0.4, -0.2) is 20.2 Å². The van der Waals surface area contributed by atoms with Crippen LogP contribution in [0, 0.1) is 0 Å². The Morgan fingerprint density at radius 2 is 1.29 bits per heavy atom. The largest absolute Gasteiger partial charge is 0.497 e. The number of ether oxygens (including phenoxy) is 4. The third-order valence-electron chi connectivity index (χ3n) is 7.58. The lowest BCUT2D eigenvalue weighted by molar-refractivity contribution is -0.142. The van der Waals surface area contributed by atoms with Crippen molar-refractivity contribution in [2.24, 2.45) is 0 Å². The van der Waals surface area contributed by atoms with Gasteiger partial charge in [-0.25, -0.2) is 0 Å². The van der Waals surface area contributed by atoms with Gasteiger partial charge < -0.3 is 18.9 Å². The summed E-state index contributed by atoms with van der Waals surface area (Å²) in [6.45, 7) is 1.55. The van der Waals surface area contributed by atoms with Crippen molar-refractivity contribution in [1.82, 2.24) is 0 Å². The van der Waals surface area contributed by atoms with Crippen molar-refractivity contribution in [2.45, 2.75) is 19.1 Å². The Balaban J connectivity index is 1.63. The van der Waals surface area contributed by atoms with Gasteiger partial charge in [0, 0.05) is 34.6 Å². The second-order valence-corrected chi connectivity index (χ2v) is 9.92. The molecule has 0 bridgehead atoms. The molecule has 0 fully saturated rings. The maximum Gasteiger partial charge on any atom is 0.302 e. The van der Waals surface area contributed by atoms with Gasteiger partial charge in [-0.1, -0.05) is 84.9 Å². The molecule has 5 heteroatoms. The monoisotopic (exact) mass is 542 g/mol. The van der Waals surface area contributed by atoms with Gasteiger partial charge in [0.15, 0.2) is 5.60 Å². The molecule has 41 heavy (non-hydrogen) atoms. The number of esters is 1. The van der Waals surface area contributed by atoms with E-state index in [-0.39, 0.29) is 12.6 Å². The van der Waals surface area contributed by atoms with E-state index in [0.29, 0.717) is 0 Å². The van der Waals surface area contributed by atoms with E-state index in [2.05, 4.69) is 36.4 Å². The average Bonchev–Trinajstić information content (AvgIpc) is 3.03. The highest BCUT2D eigenvalue weighted by Gasteiger charge is 2.39. The summed E-state index contributed by atoms with van der Waals surface area (Å²) in [4.78, 5) is 12.0. The molecule has 1 aliphatic heterocycles. The minimum Gasteiger partial charge on any atom is -0.497 e. The topological polar surface area (TPSA) is 54.0 Å². The Bertz CT molecular complexity index is 1690. The molecule has 0 N–H and O–H groups in total. The molecule has 5 nitrogen and oxygen atoms in total. The molecule has 0 saturated carbocycles. The molecule has 1 heterocycles. The number of rotatable bonds is 7. The van der Waals surface area contributed by atoms with Gasteiger partial charge in [0.1, 0.15) is 23.9 Å². The van der Waals surface area contributed by atoms with Crippen molar-refractivity contribution >= 4 is 22.8 Å². The Hall–Kier alpha value is -5.03. The third-order valence-corrected chi connectivity index (χ3v) is 7.58. The summed E-state index contributed by atoms with van der Waals surface area (Å²) < 4.78 is 23.7. The van der Waals surface area contributed by atoms with Crippen LogP contribution in [0.4, 0.5) is 0 Å². The second-order valence-electron chi connectivity index (χ2n) is 9.92. The molecule has 1 aliphatic rings. The van der Waals surface area contributed by atoms with E-state index in [1.807, 2.05) is 78.9 Å². The zero-order valence-electron chi connectivity index (χ0n) is 23.2. The molecule has 0 saturated heterocycles. The van der Waals surface area contributed by atoms with Crippen LogP contribution in [0.3, 0.4) is 0 Å². The van der Waals surface area contributed by atoms with E-state index < -0.39 is 5.60 Å². The van der Waals surface area contributed by atoms with Crippen molar-refractivity contribution in [1.29, 1.82) is 0 Å². The van der Waals surface area contributed by atoms with Crippen LogP contribution in [0.5, 0.6) is 17.2 Å². The molecule has 0 spiro atoms. The van der Waals surface area contributed by atoms with Crippen molar-refractivity contribution in [3.8, 4) is 28.4 Å². The van der Waals surface area contributed by atoms with Crippen LogP contribution in [-0.2, 0) is 21.7 Å². The lowest BCUT2D eigenvalue weighted by Gasteiger charge is -2.38. The average molecular weight is 543 g/mol. The van der Waals surface area contributed by atoms with Gasteiger partial charge >= 0.3 is 5.97 Å². The third kappa shape index (κ3) is 4.70. The second kappa shape index (κ2) is 10.9. The molecule has 0 aromatic heterocycles. The smallest absolute Gasteiger partial charge is 0.302 e. The van der Waals surface area contributed by atoms with Gasteiger partial charge in [-0.3, -0.25) is 4.79 Å². The van der Waals surface area contributed by atoms with Gasteiger partial charge in [-0.05, 0) is 46.9 Å². The SMILES string of the molecule is COc1ccc(C2(c3ccc(OC)cc3)C=Cc3c(COC(C)=O)c(-c4ccccc4)c4ccccc4c3O2)cc1. The maximum absolute atomic E-state index is 12.0. The van der Waals surface area contributed by atoms with E-state index in [4.69, 9.17) is 18.9 Å². The molecular formula is C36H30O5. The molecule has 0 atom stereocenters. The standard InChI is InChI=1S/C36H30O5/c1-24(37)40-23-33-32-21-22-36(26-13-17-28(38-2)18-14-26,27-15-19-29(39-3)20-16-27)41-35(32)31-12-8-7-11-30(31)34(33)25-9-5-4-6-10-25/h4-22H,23H2,1-3H3. The van der Waals surface area contributed by atoms with Gasteiger partial charge in [0.2, 0.25) is 0 Å². The number of hydrogen-bond donors (Lipinski definition) is 0. The first-order valence-corrected chi connectivity index (χ1v) is 13.5. The molecular weight excluding hydrogens is 512 g/mol. The summed E-state index contributed by atoms with van der Waals surface area (Å²) in [6.07, 6.45) is 4.19. The van der Waals surface area contributed by atoms with E-state index in [1.54, 1.807) is 14.2 Å². The normalized spacial score (nSPS) is 13.2. The van der Waals surface area contributed by atoms with Gasteiger partial charge in [-0.15, -0.1) is 0 Å². The minimum absolute atomic E-state index is 0.124. The summed E-state index contributed by atoms with van der Waals surface area (Å²) in [5.41, 5.74) is 4.82. The lowest BCUT2D eigenvalue weighted by atomic mass is 9.81. The first-order chi connectivity index (χ1) is 20.0. The number of methoxy groups -OCH3 is 2. The first-order valence-electron chi connectivity index (χ1n) is 13.5. The Morgan fingerprint density at radius 3 is 1.85 bits per heavy atom. The highest BCUT2D eigenvalue weighted by molar-refractivity contribution is 6.05. The van der Waals surface area contributed by atoms with E-state index >= 15 is 0 Å². The lowest BCUT2D eigenvalue weighted by Crippen LogP contribution is -2.34. The maximum atomic E-state index is 12.0. The summed E-state index contributed by atoms with van der Waals surface area (Å²) in [5, 5.41) is 2.00. The summed E-state index contributed by atoms with van der Waals surface area (Å²) in [6, 6.07) is 34.3. The van der Waals surface area contributed by atoms with Gasteiger partial charge in [-0.2, -0.15) is 0 Å². The van der Waals surface area contributed by atoms with Crippen LogP contribution < -0.4 is 14.2 Å². The van der Waals surface area contributed by atoms with Gasteiger partial charge in [0.05, 0.1) is 14.2 Å². The fourth-order valence-corrected chi connectivity index (χ4v) is 5.57. The van der Waals surface area contributed by atoms with Crippen LogP contribution in [0.2, 0.25) is 0 Å². The molecule has 5 aromatic rings. The molecule has 0 unspecified atom stereocenters. The minimum atomic E-state index is -0.929. The highest BCUT2D eigenvalue weighted by atomic mass is 16.5. The fourth-order valence-electron chi connectivity index (χ4n) is 5.57. The van der Waals surface area contributed by atoms with Crippen molar-refractivity contribution in [2.75, 3.05) is 14.2 Å². The number of carbonyl (C=O) groups is 1. The molecule has 0 amide bonds. The van der Waals surface area contributed by atoms with Crippen LogP contribution in [0.15, 0.2) is 109 Å². The zero-order valence-corrected chi connectivity index (χ0v) is 23.2. The number of carbonyl (C=O) groups excluding carboxylic acids is 1. The highest BCUT2D eigenvalue weighted by Crippen LogP contribution is 2.49. The fraction of sp³-hybridized carbons (Fsp3) is 0.139. The zero-order chi connectivity index (χ0) is 28.4. The van der Waals surface area contributed by atoms with E-state index in [9.17, 15) is 4.79 Å². The molecule has 5 aromatic carbocycles. The summed E-state index contributed by atoms with van der Waals surface area (Å²) in [7, 11) is 3.31. The number of benzene rings is 5. The molecule has 0 radical (unpaired) electrons. The van der Waals surface area contributed by atoms with E-state index in [1.165, 1.54) is 6.92 Å². The predicted molar refractivity (Wildman–Crippen MR) is 161 cm³/mol. The van der Waals surface area contributed by atoms with Crippen molar-refractivity contribution in [3.63, 3.8) is 0 Å². The van der Waals surface area contributed by atoms with E-state index in [0.717, 1.165) is 61.4 Å². The quantitative estimate of drug-likeness (QED) is 0.196. The number of hydrogen-bond acceptors (Lipinski definition) is 5. The van der Waals surface area contributed by atoms with Crippen LogP contribution in [0.1, 0.15) is 29.2 Å². The van der Waals surface area contributed by atoms with Crippen LogP contribution in [0.25, 0.3) is 28.0 Å². The van der Waals surface area contributed by atoms with Crippen molar-refractivity contribution < 1.29 is 23.7 Å². The Morgan fingerprint density at radius 1 is 0.732 bits per heavy atom. The molecule has 6 rings (SSSR count).